The minimum Gasteiger partial charge on any atom is -0.478 e. The topological polar surface area (TPSA) is 66.4 Å². The van der Waals surface area contributed by atoms with Gasteiger partial charge < -0.3 is 5.11 Å². The number of carbonyl (C=O) groups excluding carboxylic acids is 1. The fourth-order valence-electron chi connectivity index (χ4n) is 1.03. The van der Waals surface area contributed by atoms with Crippen LogP contribution in [-0.4, -0.2) is 20.9 Å². The molecule has 0 bridgehead atoms. The van der Waals surface area contributed by atoms with Crippen molar-refractivity contribution >= 4 is 47.0 Å². The van der Waals surface area contributed by atoms with Crippen molar-refractivity contribution < 1.29 is 19.1 Å². The Morgan fingerprint density at radius 1 is 1.29 bits per heavy atom. The lowest BCUT2D eigenvalue weighted by molar-refractivity contribution is 0.0691. The van der Waals surface area contributed by atoms with Gasteiger partial charge in [-0.25, -0.2) is 4.79 Å². The Morgan fingerprint density at radius 2 is 1.82 bits per heavy atom. The summed E-state index contributed by atoms with van der Waals surface area (Å²) in [4.78, 5) is 22.4. The first-order valence-corrected chi connectivity index (χ1v) is 5.76. The van der Waals surface area contributed by atoms with Gasteiger partial charge in [0.05, 0.1) is 11.1 Å². The predicted octanol–water partition coefficient (Wildman–Crippen LogP) is 2.82. The summed E-state index contributed by atoms with van der Waals surface area (Å²) in [5.74, 6) is -2.06. The number of alkyl halides is 3. The van der Waals surface area contributed by atoms with Crippen LogP contribution in [0.25, 0.3) is 0 Å². The van der Waals surface area contributed by atoms with Crippen LogP contribution in [0.15, 0.2) is 24.3 Å². The van der Waals surface area contributed by atoms with Crippen LogP contribution in [0.2, 0.25) is 0 Å². The minimum absolute atomic E-state index is 0.106. The molecule has 1 aromatic carbocycles. The first-order chi connectivity index (χ1) is 7.81. The van der Waals surface area contributed by atoms with Gasteiger partial charge in [-0.15, -0.1) is 0 Å². The molecule has 0 unspecified atom stereocenters. The van der Waals surface area contributed by atoms with Crippen LogP contribution in [-0.2, 0) is 0 Å². The van der Waals surface area contributed by atoms with Crippen molar-refractivity contribution in [1.29, 1.82) is 0 Å². The van der Waals surface area contributed by atoms with Crippen LogP contribution in [0.1, 0.15) is 20.7 Å². The highest BCUT2D eigenvalue weighted by atomic mass is 35.5. The minimum atomic E-state index is -2.67. The van der Waals surface area contributed by atoms with E-state index in [1.807, 2.05) is 4.72 Å². The van der Waals surface area contributed by atoms with Crippen molar-refractivity contribution in [1.82, 2.24) is 4.72 Å². The monoisotopic (exact) mass is 297 g/mol. The van der Waals surface area contributed by atoms with Gasteiger partial charge in [0.1, 0.15) is 0 Å². The van der Waals surface area contributed by atoms with E-state index in [0.717, 1.165) is 0 Å². The van der Waals surface area contributed by atoms with Crippen molar-refractivity contribution in [2.45, 2.75) is 3.92 Å². The number of carbonyl (C=O) groups is 2. The molecule has 1 amide bonds. The SMILES string of the molecule is O=C(O)c1ccccc1C(=O)NSC(F)(Cl)Cl. The summed E-state index contributed by atoms with van der Waals surface area (Å²) in [6.07, 6.45) is 0. The number of carboxylic acid groups (broad SMARTS) is 1. The Labute approximate surface area is 110 Å². The molecule has 0 saturated heterocycles. The number of benzene rings is 1. The number of rotatable bonds is 4. The molecule has 0 spiro atoms. The number of hydrogen-bond donors (Lipinski definition) is 2. The maximum atomic E-state index is 12.7. The Hall–Kier alpha value is -0.980. The van der Waals surface area contributed by atoms with Gasteiger partial charge in [-0.2, -0.15) is 4.39 Å². The molecule has 92 valence electrons. The number of aromatic carboxylic acids is 1. The van der Waals surface area contributed by atoms with E-state index in [1.165, 1.54) is 24.3 Å². The molecule has 1 aromatic rings. The summed E-state index contributed by atoms with van der Waals surface area (Å²) in [6.45, 7) is 0. The van der Waals surface area contributed by atoms with E-state index >= 15 is 0 Å². The number of amides is 1. The molecule has 17 heavy (non-hydrogen) atoms. The molecule has 0 saturated carbocycles. The van der Waals surface area contributed by atoms with Gasteiger partial charge in [-0.3, -0.25) is 9.52 Å². The Balaban J connectivity index is 2.86. The highest BCUT2D eigenvalue weighted by Crippen LogP contribution is 2.33. The second-order valence-corrected chi connectivity index (χ2v) is 5.48. The summed E-state index contributed by atoms with van der Waals surface area (Å²) < 4.78 is 12.0. The fourth-order valence-corrected chi connectivity index (χ4v) is 1.58. The number of halogens is 3. The summed E-state index contributed by atoms with van der Waals surface area (Å²) in [5, 5.41) is 8.83. The first-order valence-electron chi connectivity index (χ1n) is 4.18. The lowest BCUT2D eigenvalue weighted by Gasteiger charge is -2.10. The maximum Gasteiger partial charge on any atom is 0.336 e. The van der Waals surface area contributed by atoms with E-state index in [1.54, 1.807) is 0 Å². The molecule has 0 aliphatic heterocycles. The van der Waals surface area contributed by atoms with Gasteiger partial charge in [-0.05, 0) is 12.1 Å². The van der Waals surface area contributed by atoms with Crippen LogP contribution in [0.5, 0.6) is 0 Å². The molecule has 0 aromatic heterocycles. The van der Waals surface area contributed by atoms with Crippen LogP contribution < -0.4 is 4.72 Å². The van der Waals surface area contributed by atoms with E-state index in [0.29, 0.717) is 0 Å². The molecule has 0 aliphatic carbocycles. The zero-order chi connectivity index (χ0) is 13.1. The number of carboxylic acids is 1. The summed E-state index contributed by atoms with van der Waals surface area (Å²) in [7, 11) is 0. The average Bonchev–Trinajstić information content (AvgIpc) is 2.25. The summed E-state index contributed by atoms with van der Waals surface area (Å²) in [6, 6.07) is 5.50. The maximum absolute atomic E-state index is 12.7. The highest BCUT2D eigenvalue weighted by Gasteiger charge is 2.25. The van der Waals surface area contributed by atoms with Crippen molar-refractivity contribution in [2.75, 3.05) is 0 Å². The molecule has 8 heteroatoms. The Bertz CT molecular complexity index is 450. The lowest BCUT2D eigenvalue weighted by Crippen LogP contribution is -2.22. The van der Waals surface area contributed by atoms with Crippen molar-refractivity contribution in [3.8, 4) is 0 Å². The molecule has 0 atom stereocenters. The van der Waals surface area contributed by atoms with Gasteiger partial charge >= 0.3 is 9.89 Å². The molecule has 1 rings (SSSR count). The van der Waals surface area contributed by atoms with E-state index in [-0.39, 0.29) is 23.1 Å². The van der Waals surface area contributed by atoms with Gasteiger partial charge in [0.15, 0.2) is 0 Å². The molecule has 0 aliphatic rings. The van der Waals surface area contributed by atoms with Gasteiger partial charge in [-0.1, -0.05) is 35.3 Å². The Morgan fingerprint density at radius 3 is 2.29 bits per heavy atom. The molecular weight excluding hydrogens is 292 g/mol. The van der Waals surface area contributed by atoms with Crippen LogP contribution >= 0.6 is 35.1 Å². The van der Waals surface area contributed by atoms with E-state index < -0.39 is 15.8 Å². The summed E-state index contributed by atoms with van der Waals surface area (Å²) in [5.41, 5.74) is -0.302. The zero-order valence-electron chi connectivity index (χ0n) is 8.12. The smallest absolute Gasteiger partial charge is 0.336 e. The predicted molar refractivity (Wildman–Crippen MR) is 64.0 cm³/mol. The quantitative estimate of drug-likeness (QED) is 0.662. The normalized spacial score (nSPS) is 11.0. The second-order valence-electron chi connectivity index (χ2n) is 2.83. The average molecular weight is 298 g/mol. The van der Waals surface area contributed by atoms with Gasteiger partial charge in [0.2, 0.25) is 0 Å². The third-order valence-corrected chi connectivity index (χ3v) is 2.64. The van der Waals surface area contributed by atoms with Crippen LogP contribution in [0, 0.1) is 0 Å². The summed E-state index contributed by atoms with van der Waals surface area (Å²) >= 11 is 10.1. The molecule has 0 heterocycles. The standard InChI is InChI=1S/C9H6Cl2FNO3S/c10-9(11,12)17-13-7(14)5-3-1-2-4-6(5)8(15)16/h1-4H,(H,13,14)(H,15,16). The Kier molecular flexibility index (Phi) is 4.62. The first kappa shape index (κ1) is 14.1. The fraction of sp³-hybridized carbons (Fsp3) is 0.111. The third-order valence-electron chi connectivity index (χ3n) is 1.66. The van der Waals surface area contributed by atoms with E-state index in [4.69, 9.17) is 28.3 Å². The van der Waals surface area contributed by atoms with E-state index in [2.05, 4.69) is 0 Å². The highest BCUT2D eigenvalue weighted by molar-refractivity contribution is 8.01. The third kappa shape index (κ3) is 4.41. The molecule has 4 nitrogen and oxygen atoms in total. The second kappa shape index (κ2) is 5.57. The van der Waals surface area contributed by atoms with Crippen LogP contribution in [0.4, 0.5) is 4.39 Å². The van der Waals surface area contributed by atoms with E-state index in [9.17, 15) is 14.0 Å². The van der Waals surface area contributed by atoms with Crippen molar-refractivity contribution in [3.63, 3.8) is 0 Å². The molecule has 0 radical (unpaired) electrons. The molecule has 0 fully saturated rings. The molecule has 2 N–H and O–H groups in total. The van der Waals surface area contributed by atoms with Gasteiger partial charge in [0.25, 0.3) is 5.91 Å². The number of nitrogens with one attached hydrogen (secondary N) is 1. The van der Waals surface area contributed by atoms with Gasteiger partial charge in [0, 0.05) is 11.9 Å². The molecular formula is C9H6Cl2FNO3S. The zero-order valence-corrected chi connectivity index (χ0v) is 10.4. The number of hydrogen-bond acceptors (Lipinski definition) is 3. The van der Waals surface area contributed by atoms with Crippen LogP contribution in [0.3, 0.4) is 0 Å². The lowest BCUT2D eigenvalue weighted by atomic mass is 10.1. The van der Waals surface area contributed by atoms with Crippen molar-refractivity contribution in [3.05, 3.63) is 35.4 Å². The van der Waals surface area contributed by atoms with Crippen molar-refractivity contribution in [2.24, 2.45) is 0 Å². The largest absolute Gasteiger partial charge is 0.478 e.